The summed E-state index contributed by atoms with van der Waals surface area (Å²) in [5.74, 6) is -1.87. The molecule has 6 nitrogen and oxygen atoms in total. The Morgan fingerprint density at radius 1 is 0.889 bits per heavy atom. The van der Waals surface area contributed by atoms with E-state index in [2.05, 4.69) is 13.2 Å². The van der Waals surface area contributed by atoms with Crippen LogP contribution in [0.4, 0.5) is 0 Å². The molecule has 0 aromatic rings. The van der Waals surface area contributed by atoms with Gasteiger partial charge in [0.25, 0.3) is 0 Å². The molecule has 18 heavy (non-hydrogen) atoms. The van der Waals surface area contributed by atoms with Crippen molar-refractivity contribution in [3.8, 4) is 0 Å². The van der Waals surface area contributed by atoms with Gasteiger partial charge in [0.15, 0.2) is 0 Å². The second-order valence-electron chi connectivity index (χ2n) is 3.08. The SMILES string of the molecule is C=C(C)C(=O)O.C=C(C)C(=O)O.O=CCCC=O. The number of aldehydes is 2. The van der Waals surface area contributed by atoms with E-state index >= 15 is 0 Å². The minimum Gasteiger partial charge on any atom is -0.478 e. The Labute approximate surface area is 106 Å². The fourth-order valence-electron chi connectivity index (χ4n) is 0.136. The van der Waals surface area contributed by atoms with Crippen molar-refractivity contribution >= 4 is 24.5 Å². The number of rotatable bonds is 5. The van der Waals surface area contributed by atoms with E-state index in [1.54, 1.807) is 0 Å². The Morgan fingerprint density at radius 2 is 1.06 bits per heavy atom. The molecule has 0 saturated heterocycles. The van der Waals surface area contributed by atoms with E-state index in [1.807, 2.05) is 0 Å². The maximum absolute atomic E-state index is 9.60. The van der Waals surface area contributed by atoms with Gasteiger partial charge >= 0.3 is 11.9 Å². The lowest BCUT2D eigenvalue weighted by Gasteiger charge is -1.79. The van der Waals surface area contributed by atoms with Crippen LogP contribution in [0.15, 0.2) is 24.3 Å². The van der Waals surface area contributed by atoms with Gasteiger partial charge in [0, 0.05) is 24.0 Å². The number of carboxylic acid groups (broad SMARTS) is 2. The number of hydrogen-bond donors (Lipinski definition) is 2. The molecule has 102 valence electrons. The normalized spacial score (nSPS) is 7.44. The number of carbonyl (C=O) groups is 4. The van der Waals surface area contributed by atoms with Crippen molar-refractivity contribution in [3.63, 3.8) is 0 Å². The van der Waals surface area contributed by atoms with Crippen LogP contribution in [0.1, 0.15) is 26.7 Å². The molecule has 0 aromatic heterocycles. The molecule has 0 amide bonds. The molecule has 0 aliphatic rings. The van der Waals surface area contributed by atoms with Gasteiger partial charge in [-0.2, -0.15) is 0 Å². The predicted molar refractivity (Wildman–Crippen MR) is 66.3 cm³/mol. The van der Waals surface area contributed by atoms with Crippen LogP contribution in [-0.4, -0.2) is 34.7 Å². The zero-order valence-electron chi connectivity index (χ0n) is 10.5. The molecule has 0 aromatic carbocycles. The first kappa shape index (κ1) is 21.1. The Balaban J connectivity index is -0.000000187. The lowest BCUT2D eigenvalue weighted by molar-refractivity contribution is -0.133. The summed E-state index contributed by atoms with van der Waals surface area (Å²) in [4.78, 5) is 38.0. The first-order valence-electron chi connectivity index (χ1n) is 4.85. The van der Waals surface area contributed by atoms with Gasteiger partial charge < -0.3 is 19.8 Å². The van der Waals surface area contributed by atoms with Gasteiger partial charge in [0.1, 0.15) is 12.6 Å². The molecule has 0 unspecified atom stereocenters. The van der Waals surface area contributed by atoms with E-state index < -0.39 is 11.9 Å². The summed E-state index contributed by atoms with van der Waals surface area (Å²) >= 11 is 0. The minimum atomic E-state index is -0.935. The topological polar surface area (TPSA) is 109 Å². The highest BCUT2D eigenvalue weighted by Gasteiger charge is 1.90. The second kappa shape index (κ2) is 14.8. The molecule has 0 rings (SSSR count). The molecular formula is C12H18O6. The van der Waals surface area contributed by atoms with Gasteiger partial charge in [-0.1, -0.05) is 13.2 Å². The number of carboxylic acids is 2. The Bertz CT molecular complexity index is 261. The lowest BCUT2D eigenvalue weighted by Crippen LogP contribution is -1.92. The molecule has 0 spiro atoms. The largest absolute Gasteiger partial charge is 0.478 e. The highest BCUT2D eigenvalue weighted by Crippen LogP contribution is 1.81. The van der Waals surface area contributed by atoms with Crippen LogP contribution in [0.3, 0.4) is 0 Å². The van der Waals surface area contributed by atoms with Crippen LogP contribution in [0, 0.1) is 0 Å². The van der Waals surface area contributed by atoms with Crippen molar-refractivity contribution in [2.24, 2.45) is 0 Å². The fourth-order valence-corrected chi connectivity index (χ4v) is 0.136. The maximum atomic E-state index is 9.60. The summed E-state index contributed by atoms with van der Waals surface area (Å²) in [6.45, 7) is 9.20. The molecule has 0 atom stereocenters. The second-order valence-corrected chi connectivity index (χ2v) is 3.08. The van der Waals surface area contributed by atoms with Crippen molar-refractivity contribution in [1.29, 1.82) is 0 Å². The van der Waals surface area contributed by atoms with Crippen molar-refractivity contribution in [3.05, 3.63) is 24.3 Å². The summed E-state index contributed by atoms with van der Waals surface area (Å²) in [6.07, 6.45) is 2.19. The average molecular weight is 258 g/mol. The van der Waals surface area contributed by atoms with Crippen LogP contribution >= 0.6 is 0 Å². The number of aliphatic carboxylic acids is 2. The van der Waals surface area contributed by atoms with E-state index in [4.69, 9.17) is 10.2 Å². The molecule has 0 heterocycles. The van der Waals surface area contributed by atoms with Crippen molar-refractivity contribution < 1.29 is 29.4 Å². The third-order valence-corrected chi connectivity index (χ3v) is 1.13. The smallest absolute Gasteiger partial charge is 0.330 e. The molecule has 0 fully saturated rings. The zero-order chi connectivity index (χ0) is 15.1. The van der Waals surface area contributed by atoms with Crippen molar-refractivity contribution in [2.75, 3.05) is 0 Å². The average Bonchev–Trinajstić information content (AvgIpc) is 2.27. The molecule has 0 saturated carbocycles. The van der Waals surface area contributed by atoms with Crippen LogP contribution in [0.5, 0.6) is 0 Å². The van der Waals surface area contributed by atoms with Crippen molar-refractivity contribution in [2.45, 2.75) is 26.7 Å². The highest BCUT2D eigenvalue weighted by molar-refractivity contribution is 5.85. The zero-order valence-corrected chi connectivity index (χ0v) is 10.5. The third kappa shape index (κ3) is 29.2. The van der Waals surface area contributed by atoms with Crippen LogP contribution in [0.25, 0.3) is 0 Å². The summed E-state index contributed by atoms with van der Waals surface area (Å²) in [5, 5.41) is 15.8. The number of carbonyl (C=O) groups excluding carboxylic acids is 2. The molecule has 0 bridgehead atoms. The van der Waals surface area contributed by atoms with E-state index in [9.17, 15) is 19.2 Å². The van der Waals surface area contributed by atoms with Gasteiger partial charge in [0.05, 0.1) is 0 Å². The minimum absolute atomic E-state index is 0.176. The predicted octanol–water partition coefficient (Wildman–Crippen LogP) is 1.46. The lowest BCUT2D eigenvalue weighted by atomic mass is 10.4. The maximum Gasteiger partial charge on any atom is 0.330 e. The molecular weight excluding hydrogens is 240 g/mol. The van der Waals surface area contributed by atoms with Gasteiger partial charge in [-0.25, -0.2) is 9.59 Å². The van der Waals surface area contributed by atoms with E-state index in [0.717, 1.165) is 12.6 Å². The van der Waals surface area contributed by atoms with Gasteiger partial charge in [-0.05, 0) is 13.8 Å². The third-order valence-electron chi connectivity index (χ3n) is 1.13. The standard InChI is InChI=1S/3C4H6O2/c2*1-3(2)4(5)6;5-3-1-2-4-6/h2*1H2,2H3,(H,5,6);3-4H,1-2H2. The van der Waals surface area contributed by atoms with Gasteiger partial charge in [-0.15, -0.1) is 0 Å². The monoisotopic (exact) mass is 258 g/mol. The summed E-state index contributed by atoms with van der Waals surface area (Å²) in [7, 11) is 0. The fraction of sp³-hybridized carbons (Fsp3) is 0.333. The first-order valence-corrected chi connectivity index (χ1v) is 4.85. The van der Waals surface area contributed by atoms with Crippen molar-refractivity contribution in [1.82, 2.24) is 0 Å². The highest BCUT2D eigenvalue weighted by atomic mass is 16.4. The number of hydrogen-bond acceptors (Lipinski definition) is 4. The van der Waals surface area contributed by atoms with Crippen LogP contribution in [-0.2, 0) is 19.2 Å². The summed E-state index contributed by atoms with van der Waals surface area (Å²) in [6, 6.07) is 0. The van der Waals surface area contributed by atoms with E-state index in [-0.39, 0.29) is 11.1 Å². The van der Waals surface area contributed by atoms with Crippen LogP contribution in [0.2, 0.25) is 0 Å². The van der Waals surface area contributed by atoms with E-state index in [1.165, 1.54) is 13.8 Å². The van der Waals surface area contributed by atoms with Crippen LogP contribution < -0.4 is 0 Å². The van der Waals surface area contributed by atoms with Gasteiger partial charge in [-0.3, -0.25) is 0 Å². The first-order chi connectivity index (χ1) is 8.20. The van der Waals surface area contributed by atoms with E-state index in [0.29, 0.717) is 12.8 Å². The molecule has 0 aliphatic carbocycles. The summed E-state index contributed by atoms with van der Waals surface area (Å²) < 4.78 is 0. The number of unbranched alkanes of at least 4 members (excludes halogenated alkanes) is 1. The Hall–Kier alpha value is -2.24. The quantitative estimate of drug-likeness (QED) is 0.439. The molecule has 2 N–H and O–H groups in total. The van der Waals surface area contributed by atoms with Gasteiger partial charge in [0.2, 0.25) is 0 Å². The molecule has 0 radical (unpaired) electrons. The molecule has 0 aliphatic heterocycles. The molecule has 6 heteroatoms. The summed E-state index contributed by atoms with van der Waals surface area (Å²) in [5.41, 5.74) is 0.352. The Kier molecular flexibility index (Phi) is 17.3. The Morgan fingerprint density at radius 3 is 1.11 bits per heavy atom.